The summed E-state index contributed by atoms with van der Waals surface area (Å²) in [7, 11) is 3.53. The molecular weight excluding hydrogens is 455 g/mol. The van der Waals surface area contributed by atoms with Gasteiger partial charge in [0, 0.05) is 31.1 Å². The van der Waals surface area contributed by atoms with Gasteiger partial charge in [0.25, 0.3) is 0 Å². The molecule has 0 saturated heterocycles. The molecule has 7 heteroatoms. The van der Waals surface area contributed by atoms with E-state index in [9.17, 15) is 19.2 Å². The Morgan fingerprint density at radius 3 is 2.42 bits per heavy atom. The van der Waals surface area contributed by atoms with Crippen LogP contribution in [0.25, 0.3) is 0 Å². The van der Waals surface area contributed by atoms with Gasteiger partial charge in [-0.1, -0.05) is 27.7 Å². The molecule has 0 radical (unpaired) electrons. The number of hydrogen-bond acceptors (Lipinski definition) is 6. The maximum Gasteiger partial charge on any atom is 0.305 e. The van der Waals surface area contributed by atoms with Crippen molar-refractivity contribution in [3.8, 4) is 0 Å². The number of Topliss-reactive ketones (excluding diaryl/α,β-unsaturated/α-hetero) is 2. The first-order chi connectivity index (χ1) is 16.9. The van der Waals surface area contributed by atoms with Gasteiger partial charge in [-0.3, -0.25) is 19.2 Å². The van der Waals surface area contributed by atoms with E-state index in [2.05, 4.69) is 35.5 Å². The summed E-state index contributed by atoms with van der Waals surface area (Å²) in [6.07, 6.45) is 5.98. The molecule has 3 unspecified atom stereocenters. The van der Waals surface area contributed by atoms with Crippen LogP contribution in [0.5, 0.6) is 0 Å². The average molecular weight is 500 g/mol. The zero-order valence-electron chi connectivity index (χ0n) is 23.3. The number of ketones is 2. The number of ether oxygens (including phenoxy) is 2. The molecule has 0 heterocycles. The van der Waals surface area contributed by atoms with Crippen molar-refractivity contribution in [3.05, 3.63) is 0 Å². The number of fused-ring (bicyclic) bond motifs is 5. The van der Waals surface area contributed by atoms with Crippen molar-refractivity contribution >= 4 is 31.4 Å². The molecule has 36 heavy (non-hydrogen) atoms. The van der Waals surface area contributed by atoms with Crippen LogP contribution in [0.15, 0.2) is 0 Å². The molecule has 4 aliphatic carbocycles. The van der Waals surface area contributed by atoms with Gasteiger partial charge in [-0.15, -0.1) is 0 Å². The van der Waals surface area contributed by atoms with Crippen molar-refractivity contribution < 1.29 is 28.7 Å². The van der Waals surface area contributed by atoms with E-state index in [4.69, 9.17) is 9.47 Å². The van der Waals surface area contributed by atoms with E-state index in [0.717, 1.165) is 38.5 Å². The van der Waals surface area contributed by atoms with Crippen LogP contribution >= 0.6 is 0 Å². The Kier molecular flexibility index (Phi) is 7.53. The van der Waals surface area contributed by atoms with Crippen LogP contribution in [0.1, 0.15) is 86.0 Å². The van der Waals surface area contributed by atoms with Crippen LogP contribution in [-0.2, 0) is 28.7 Å². The maximum absolute atomic E-state index is 14.3. The average Bonchev–Trinajstić information content (AvgIpc) is 3.19. The van der Waals surface area contributed by atoms with Crippen molar-refractivity contribution in [2.24, 2.45) is 52.3 Å². The van der Waals surface area contributed by atoms with Crippen molar-refractivity contribution in [3.63, 3.8) is 0 Å². The lowest BCUT2D eigenvalue weighted by Gasteiger charge is -2.63. The highest BCUT2D eigenvalue weighted by Gasteiger charge is 2.69. The third kappa shape index (κ3) is 4.07. The van der Waals surface area contributed by atoms with Gasteiger partial charge in [0.1, 0.15) is 25.5 Å². The number of carbonyl (C=O) groups excluding carboxylic acids is 4. The van der Waals surface area contributed by atoms with E-state index in [1.54, 1.807) is 0 Å². The molecule has 200 valence electrons. The fourth-order valence-corrected chi connectivity index (χ4v) is 9.70. The number of methoxy groups -OCH3 is 1. The van der Waals surface area contributed by atoms with Gasteiger partial charge in [0.05, 0.1) is 7.11 Å². The smallest absolute Gasteiger partial charge is 0.305 e. The molecule has 0 bridgehead atoms. The zero-order valence-corrected chi connectivity index (χ0v) is 23.3. The van der Waals surface area contributed by atoms with Gasteiger partial charge in [-0.05, 0) is 85.3 Å². The van der Waals surface area contributed by atoms with E-state index in [0.29, 0.717) is 18.8 Å². The fourth-order valence-electron chi connectivity index (χ4n) is 9.70. The van der Waals surface area contributed by atoms with E-state index < -0.39 is 0 Å². The standard InChI is InChI=1S/C29H45BO6/c1-7-18-21-14-17(36-16(3)31)12-13-28(21,4)24-23(25(18)33)20-10-9-19(15(2)8-11-22(32)35-6)29(20,5)27(30)26(24)34/h15,17-21,23-24,27H,7-14,30H2,1-6H3/t15-,17-,18-,19-,20?,21+,23?,24?,27+,28+,29-/m1/s1. The van der Waals surface area contributed by atoms with Gasteiger partial charge in [0.2, 0.25) is 0 Å². The minimum absolute atomic E-state index is 0.0750. The normalized spacial score (nSPS) is 44.7. The highest BCUT2D eigenvalue weighted by atomic mass is 16.5. The third-order valence-corrected chi connectivity index (χ3v) is 11.6. The topological polar surface area (TPSA) is 86.7 Å². The molecule has 0 aliphatic heterocycles. The highest BCUT2D eigenvalue weighted by molar-refractivity contribution is 6.26. The summed E-state index contributed by atoms with van der Waals surface area (Å²) in [5.41, 5.74) is -0.475. The lowest BCUT2D eigenvalue weighted by atomic mass is 9.37. The predicted octanol–water partition coefficient (Wildman–Crippen LogP) is 4.19. The second-order valence-electron chi connectivity index (χ2n) is 12.9. The van der Waals surface area contributed by atoms with Crippen LogP contribution in [0.2, 0.25) is 5.82 Å². The second kappa shape index (κ2) is 9.91. The number of carbonyl (C=O) groups is 4. The fraction of sp³-hybridized carbons (Fsp3) is 0.862. The molecule has 11 atom stereocenters. The Labute approximate surface area is 217 Å². The highest BCUT2D eigenvalue weighted by Crippen LogP contribution is 2.70. The predicted molar refractivity (Wildman–Crippen MR) is 139 cm³/mol. The van der Waals surface area contributed by atoms with E-state index in [1.807, 2.05) is 0 Å². The molecule has 0 aromatic carbocycles. The first-order valence-electron chi connectivity index (χ1n) is 14.2. The molecule has 0 N–H and O–H groups in total. The van der Waals surface area contributed by atoms with Crippen molar-refractivity contribution in [1.82, 2.24) is 0 Å². The van der Waals surface area contributed by atoms with Gasteiger partial charge in [-0.25, -0.2) is 0 Å². The molecular formula is C29H45BO6. The van der Waals surface area contributed by atoms with E-state index >= 15 is 0 Å². The minimum Gasteiger partial charge on any atom is -0.469 e. The van der Waals surface area contributed by atoms with Crippen LogP contribution < -0.4 is 0 Å². The summed E-state index contributed by atoms with van der Waals surface area (Å²) in [6.45, 7) is 10.3. The SMILES string of the molecule is B[C@H]1C(=O)C2C(C(=O)[C@H](CC)[C@@H]3C[C@H](OC(C)=O)CC[C@]23C)C2CC[C@H]([C@H](C)CCC(=O)OC)[C@]21C. The molecule has 4 saturated carbocycles. The summed E-state index contributed by atoms with van der Waals surface area (Å²) in [5.74, 6) is 0.305. The first-order valence-corrected chi connectivity index (χ1v) is 14.2. The molecule has 4 aliphatic rings. The first kappa shape index (κ1) is 27.4. The monoisotopic (exact) mass is 500 g/mol. The number of esters is 2. The van der Waals surface area contributed by atoms with Crippen molar-refractivity contribution in [2.45, 2.75) is 97.9 Å². The van der Waals surface area contributed by atoms with Crippen molar-refractivity contribution in [2.75, 3.05) is 7.11 Å². The summed E-state index contributed by atoms with van der Waals surface area (Å²) in [5, 5.41) is 0. The molecule has 0 aromatic rings. The van der Waals surface area contributed by atoms with Crippen LogP contribution in [0.3, 0.4) is 0 Å². The Morgan fingerprint density at radius 1 is 1.11 bits per heavy atom. The van der Waals surface area contributed by atoms with Crippen LogP contribution in [0.4, 0.5) is 0 Å². The second-order valence-corrected chi connectivity index (χ2v) is 12.9. The van der Waals surface area contributed by atoms with Crippen LogP contribution in [-0.4, -0.2) is 44.6 Å². The maximum atomic E-state index is 14.3. The quantitative estimate of drug-likeness (QED) is 0.402. The van der Waals surface area contributed by atoms with Gasteiger partial charge < -0.3 is 9.47 Å². The summed E-state index contributed by atoms with van der Waals surface area (Å²) in [4.78, 5) is 52.1. The Morgan fingerprint density at radius 2 is 1.81 bits per heavy atom. The summed E-state index contributed by atoms with van der Waals surface area (Å²) in [6, 6.07) is 0. The van der Waals surface area contributed by atoms with Gasteiger partial charge >= 0.3 is 11.9 Å². The van der Waals surface area contributed by atoms with Gasteiger partial charge in [0.15, 0.2) is 0 Å². The Hall–Kier alpha value is -1.66. The minimum atomic E-state index is -0.270. The molecule has 0 spiro atoms. The summed E-state index contributed by atoms with van der Waals surface area (Å²) >= 11 is 0. The zero-order chi connectivity index (χ0) is 26.6. The van der Waals surface area contributed by atoms with Gasteiger partial charge in [-0.2, -0.15) is 0 Å². The largest absolute Gasteiger partial charge is 0.469 e. The van der Waals surface area contributed by atoms with Crippen molar-refractivity contribution in [1.29, 1.82) is 0 Å². The van der Waals surface area contributed by atoms with E-state index in [-0.39, 0.29) is 81.8 Å². The lowest BCUT2D eigenvalue weighted by Crippen LogP contribution is -2.65. The van der Waals surface area contributed by atoms with E-state index in [1.165, 1.54) is 14.0 Å². The van der Waals surface area contributed by atoms with Crippen LogP contribution in [0, 0.1) is 52.3 Å². The molecule has 0 amide bonds. The lowest BCUT2D eigenvalue weighted by molar-refractivity contribution is -0.183. The third-order valence-electron chi connectivity index (χ3n) is 11.6. The number of hydrogen-bond donors (Lipinski definition) is 0. The molecule has 4 rings (SSSR count). The summed E-state index contributed by atoms with van der Waals surface area (Å²) < 4.78 is 10.5. The molecule has 0 aromatic heterocycles. The number of rotatable bonds is 6. The molecule has 6 nitrogen and oxygen atoms in total. The molecule has 4 fully saturated rings. The Bertz CT molecular complexity index is 917. The Balaban J connectivity index is 1.67.